The van der Waals surface area contributed by atoms with Crippen molar-refractivity contribution in [3.05, 3.63) is 61.1 Å². The quantitative estimate of drug-likeness (QED) is 0.598. The first-order valence-electron chi connectivity index (χ1n) is 6.62. The number of nitro groups is 1. The van der Waals surface area contributed by atoms with Crippen LogP contribution in [0.2, 0.25) is 15.1 Å². The molecule has 1 N–H and O–H groups in total. The standard InChI is InChI=1S/C15H12Cl3N3O3/c1-20(2)13-7-12(11(18)6-14(13)21(23)24)19-15(22)9-4-3-8(16)5-10(9)17/h3-7H,1-2H3,(H,19,22). The second-order valence-corrected chi connectivity index (χ2v) is 6.30. The first-order chi connectivity index (χ1) is 11.2. The van der Waals surface area contributed by atoms with E-state index in [-0.39, 0.29) is 27.0 Å². The van der Waals surface area contributed by atoms with Crippen molar-refractivity contribution in [2.75, 3.05) is 24.3 Å². The zero-order valence-electron chi connectivity index (χ0n) is 12.6. The predicted molar refractivity (Wildman–Crippen MR) is 96.8 cm³/mol. The van der Waals surface area contributed by atoms with Crippen LogP contribution in [-0.2, 0) is 0 Å². The lowest BCUT2D eigenvalue weighted by atomic mass is 10.2. The number of nitro benzene ring substituents is 1. The van der Waals surface area contributed by atoms with Crippen LogP contribution >= 0.6 is 34.8 Å². The van der Waals surface area contributed by atoms with Gasteiger partial charge in [0.05, 0.1) is 26.2 Å². The van der Waals surface area contributed by atoms with Gasteiger partial charge in [-0.1, -0.05) is 34.8 Å². The Kier molecular flexibility index (Phi) is 5.54. The van der Waals surface area contributed by atoms with Crippen LogP contribution in [0, 0.1) is 10.1 Å². The number of halogens is 3. The highest BCUT2D eigenvalue weighted by molar-refractivity contribution is 6.38. The van der Waals surface area contributed by atoms with E-state index >= 15 is 0 Å². The van der Waals surface area contributed by atoms with Gasteiger partial charge in [0.15, 0.2) is 0 Å². The molecule has 24 heavy (non-hydrogen) atoms. The van der Waals surface area contributed by atoms with Crippen molar-refractivity contribution in [3.63, 3.8) is 0 Å². The number of hydrogen-bond donors (Lipinski definition) is 1. The van der Waals surface area contributed by atoms with E-state index in [1.165, 1.54) is 30.3 Å². The fraction of sp³-hybridized carbons (Fsp3) is 0.133. The minimum absolute atomic E-state index is 0.0470. The molecule has 2 aromatic carbocycles. The Morgan fingerprint density at radius 1 is 1.12 bits per heavy atom. The van der Waals surface area contributed by atoms with Crippen molar-refractivity contribution < 1.29 is 9.72 Å². The summed E-state index contributed by atoms with van der Waals surface area (Å²) < 4.78 is 0. The number of anilines is 2. The number of nitrogens with one attached hydrogen (secondary N) is 1. The van der Waals surface area contributed by atoms with Crippen LogP contribution < -0.4 is 10.2 Å². The van der Waals surface area contributed by atoms with Crippen LogP contribution in [0.5, 0.6) is 0 Å². The Morgan fingerprint density at radius 2 is 1.79 bits per heavy atom. The van der Waals surface area contributed by atoms with E-state index in [0.29, 0.717) is 10.7 Å². The molecule has 126 valence electrons. The van der Waals surface area contributed by atoms with Crippen molar-refractivity contribution >= 4 is 57.8 Å². The Labute approximate surface area is 153 Å². The summed E-state index contributed by atoms with van der Waals surface area (Å²) >= 11 is 17.9. The molecular weight excluding hydrogens is 377 g/mol. The van der Waals surface area contributed by atoms with Gasteiger partial charge in [-0.15, -0.1) is 0 Å². The van der Waals surface area contributed by atoms with E-state index in [1.807, 2.05) is 0 Å². The van der Waals surface area contributed by atoms with Gasteiger partial charge in [0, 0.05) is 25.2 Å². The molecule has 0 atom stereocenters. The third kappa shape index (κ3) is 3.90. The van der Waals surface area contributed by atoms with Gasteiger partial charge in [-0.2, -0.15) is 0 Å². The van der Waals surface area contributed by atoms with Gasteiger partial charge in [-0.05, 0) is 24.3 Å². The summed E-state index contributed by atoms with van der Waals surface area (Å²) in [6, 6.07) is 7.08. The minimum atomic E-state index is -0.539. The number of benzene rings is 2. The summed E-state index contributed by atoms with van der Waals surface area (Å²) in [6.45, 7) is 0. The molecule has 0 saturated carbocycles. The van der Waals surface area contributed by atoms with Crippen molar-refractivity contribution in [2.45, 2.75) is 0 Å². The fourth-order valence-electron chi connectivity index (χ4n) is 2.01. The van der Waals surface area contributed by atoms with E-state index in [0.717, 1.165) is 0 Å². The van der Waals surface area contributed by atoms with E-state index in [9.17, 15) is 14.9 Å². The van der Waals surface area contributed by atoms with Crippen LogP contribution in [0.15, 0.2) is 30.3 Å². The molecule has 0 aliphatic carbocycles. The van der Waals surface area contributed by atoms with Crippen LogP contribution in [0.3, 0.4) is 0 Å². The molecule has 9 heteroatoms. The highest BCUT2D eigenvalue weighted by Gasteiger charge is 2.21. The maximum absolute atomic E-state index is 12.4. The molecule has 0 saturated heterocycles. The topological polar surface area (TPSA) is 75.5 Å². The molecule has 0 unspecified atom stereocenters. The van der Waals surface area contributed by atoms with Crippen LogP contribution in [-0.4, -0.2) is 24.9 Å². The largest absolute Gasteiger partial charge is 0.372 e. The van der Waals surface area contributed by atoms with Crippen LogP contribution in [0.1, 0.15) is 10.4 Å². The monoisotopic (exact) mass is 387 g/mol. The molecule has 0 aromatic heterocycles. The molecule has 0 spiro atoms. The number of nitrogens with zero attached hydrogens (tertiary/aromatic N) is 2. The number of amides is 1. The SMILES string of the molecule is CN(C)c1cc(NC(=O)c2ccc(Cl)cc2Cl)c(Cl)cc1[N+](=O)[O-]. The number of carbonyl (C=O) groups excluding carboxylic acids is 1. The Bertz CT molecular complexity index is 825. The average molecular weight is 389 g/mol. The summed E-state index contributed by atoms with van der Waals surface area (Å²) in [7, 11) is 3.30. The highest BCUT2D eigenvalue weighted by Crippen LogP contribution is 2.36. The number of rotatable bonds is 4. The fourth-order valence-corrected chi connectivity index (χ4v) is 2.71. The number of carbonyl (C=O) groups is 1. The molecule has 1 amide bonds. The summed E-state index contributed by atoms with van der Waals surface area (Å²) in [5.41, 5.74) is 0.596. The van der Waals surface area contributed by atoms with Crippen molar-refractivity contribution in [1.82, 2.24) is 0 Å². The first-order valence-corrected chi connectivity index (χ1v) is 7.75. The molecular formula is C15H12Cl3N3O3. The summed E-state index contributed by atoms with van der Waals surface area (Å²) in [5, 5.41) is 14.3. The summed E-state index contributed by atoms with van der Waals surface area (Å²) in [4.78, 5) is 24.5. The lowest BCUT2D eigenvalue weighted by Crippen LogP contribution is -2.15. The van der Waals surface area contributed by atoms with Gasteiger partial charge in [0.25, 0.3) is 11.6 Å². The van der Waals surface area contributed by atoms with Crippen LogP contribution in [0.4, 0.5) is 17.1 Å². The van der Waals surface area contributed by atoms with Gasteiger partial charge in [-0.3, -0.25) is 14.9 Å². The smallest absolute Gasteiger partial charge is 0.294 e. The second kappa shape index (κ2) is 7.25. The van der Waals surface area contributed by atoms with E-state index in [1.54, 1.807) is 19.0 Å². The van der Waals surface area contributed by atoms with E-state index < -0.39 is 10.8 Å². The molecule has 2 aromatic rings. The predicted octanol–water partition coefficient (Wildman–Crippen LogP) is 4.87. The van der Waals surface area contributed by atoms with Gasteiger partial charge in [-0.25, -0.2) is 0 Å². The zero-order chi connectivity index (χ0) is 18.0. The molecule has 0 fully saturated rings. The normalized spacial score (nSPS) is 10.4. The molecule has 0 radical (unpaired) electrons. The van der Waals surface area contributed by atoms with Gasteiger partial charge < -0.3 is 10.2 Å². The Morgan fingerprint density at radius 3 is 2.33 bits per heavy atom. The maximum Gasteiger partial charge on any atom is 0.294 e. The molecule has 0 bridgehead atoms. The average Bonchev–Trinajstić information content (AvgIpc) is 2.48. The molecule has 6 nitrogen and oxygen atoms in total. The van der Waals surface area contributed by atoms with Crippen molar-refractivity contribution in [2.24, 2.45) is 0 Å². The van der Waals surface area contributed by atoms with Gasteiger partial charge in [0.1, 0.15) is 5.69 Å². The Balaban J connectivity index is 2.40. The highest BCUT2D eigenvalue weighted by atomic mass is 35.5. The maximum atomic E-state index is 12.4. The van der Waals surface area contributed by atoms with E-state index in [2.05, 4.69) is 5.32 Å². The lowest BCUT2D eigenvalue weighted by molar-refractivity contribution is -0.384. The minimum Gasteiger partial charge on any atom is -0.372 e. The van der Waals surface area contributed by atoms with Crippen molar-refractivity contribution in [3.8, 4) is 0 Å². The zero-order valence-corrected chi connectivity index (χ0v) is 14.9. The first kappa shape index (κ1) is 18.3. The number of hydrogen-bond acceptors (Lipinski definition) is 4. The molecule has 0 aliphatic rings. The summed E-state index contributed by atoms with van der Waals surface area (Å²) in [5.74, 6) is -0.503. The van der Waals surface area contributed by atoms with Gasteiger partial charge >= 0.3 is 0 Å². The lowest BCUT2D eigenvalue weighted by Gasteiger charge is -2.16. The van der Waals surface area contributed by atoms with E-state index in [4.69, 9.17) is 34.8 Å². The Hall–Kier alpha value is -2.02. The summed E-state index contributed by atoms with van der Waals surface area (Å²) in [6.07, 6.45) is 0. The molecule has 2 rings (SSSR count). The molecule has 0 aliphatic heterocycles. The van der Waals surface area contributed by atoms with Gasteiger partial charge in [0.2, 0.25) is 0 Å². The van der Waals surface area contributed by atoms with Crippen molar-refractivity contribution in [1.29, 1.82) is 0 Å². The third-order valence-electron chi connectivity index (χ3n) is 3.17. The molecule has 0 heterocycles. The van der Waals surface area contributed by atoms with Crippen LogP contribution in [0.25, 0.3) is 0 Å². The second-order valence-electron chi connectivity index (χ2n) is 5.05. The third-order valence-corrected chi connectivity index (χ3v) is 4.03.